The van der Waals surface area contributed by atoms with Crippen molar-refractivity contribution in [3.8, 4) is 11.6 Å². The quantitative estimate of drug-likeness (QED) is 0.440. The molecule has 1 saturated heterocycles. The van der Waals surface area contributed by atoms with Crippen LogP contribution in [0.15, 0.2) is 60.8 Å². The summed E-state index contributed by atoms with van der Waals surface area (Å²) in [6.45, 7) is 4.91. The van der Waals surface area contributed by atoms with Crippen molar-refractivity contribution in [3.05, 3.63) is 88.3 Å². The molecule has 200 valence electrons. The summed E-state index contributed by atoms with van der Waals surface area (Å²) in [4.78, 5) is 34.8. The van der Waals surface area contributed by atoms with Crippen LogP contribution in [0.2, 0.25) is 5.02 Å². The number of nitrogens with one attached hydrogen (secondary N) is 1. The van der Waals surface area contributed by atoms with Gasteiger partial charge in [-0.25, -0.2) is 9.37 Å². The predicted octanol–water partition coefficient (Wildman–Crippen LogP) is 4.06. The average molecular weight is 541 g/mol. The number of likely N-dealkylation sites (N-methyl/N-ethyl adjacent to an activating group) is 1. The molecular formula is C28H30ClFN4O4. The zero-order valence-electron chi connectivity index (χ0n) is 21.3. The molecule has 2 heterocycles. The minimum Gasteiger partial charge on any atom is -0.437 e. The van der Waals surface area contributed by atoms with E-state index in [9.17, 15) is 14.0 Å². The molecule has 1 atom stereocenters. The Labute approximate surface area is 226 Å². The van der Waals surface area contributed by atoms with Gasteiger partial charge in [0.05, 0.1) is 18.2 Å². The van der Waals surface area contributed by atoms with E-state index in [1.165, 1.54) is 24.4 Å². The molecule has 0 spiro atoms. The Hall–Kier alpha value is -3.53. The van der Waals surface area contributed by atoms with Gasteiger partial charge in [-0.1, -0.05) is 41.4 Å². The molecule has 1 unspecified atom stereocenters. The maximum absolute atomic E-state index is 13.4. The van der Waals surface area contributed by atoms with Crippen LogP contribution in [0.5, 0.6) is 11.6 Å². The molecule has 3 aromatic rings. The number of hydrogen-bond donors (Lipinski definition) is 1. The van der Waals surface area contributed by atoms with E-state index in [1.807, 2.05) is 38.2 Å². The van der Waals surface area contributed by atoms with Gasteiger partial charge < -0.3 is 24.6 Å². The molecule has 0 bridgehead atoms. The van der Waals surface area contributed by atoms with Crippen molar-refractivity contribution in [2.75, 3.05) is 39.8 Å². The molecule has 38 heavy (non-hydrogen) atoms. The van der Waals surface area contributed by atoms with Gasteiger partial charge in [-0.3, -0.25) is 9.59 Å². The Kier molecular flexibility index (Phi) is 9.28. The fourth-order valence-electron chi connectivity index (χ4n) is 3.94. The van der Waals surface area contributed by atoms with Gasteiger partial charge in [0.1, 0.15) is 23.2 Å². The molecule has 1 N–H and O–H groups in total. The minimum absolute atomic E-state index is 0.00890. The lowest BCUT2D eigenvalue weighted by Crippen LogP contribution is -2.55. The smallest absolute Gasteiger partial charge is 0.257 e. The molecule has 0 radical (unpaired) electrons. The predicted molar refractivity (Wildman–Crippen MR) is 142 cm³/mol. The lowest BCUT2D eigenvalue weighted by Gasteiger charge is -2.34. The number of nitrogens with zero attached hydrogens (tertiary/aromatic N) is 3. The van der Waals surface area contributed by atoms with Gasteiger partial charge in [0.25, 0.3) is 5.91 Å². The van der Waals surface area contributed by atoms with Crippen molar-refractivity contribution in [1.29, 1.82) is 0 Å². The van der Waals surface area contributed by atoms with Crippen molar-refractivity contribution < 1.29 is 23.5 Å². The van der Waals surface area contributed by atoms with Crippen molar-refractivity contribution in [2.45, 2.75) is 19.6 Å². The maximum Gasteiger partial charge on any atom is 0.257 e. The zero-order valence-corrected chi connectivity index (χ0v) is 22.1. The first-order chi connectivity index (χ1) is 18.3. The van der Waals surface area contributed by atoms with Crippen LogP contribution in [0, 0.1) is 12.7 Å². The number of hydrogen-bond acceptors (Lipinski definition) is 6. The molecule has 2 amide bonds. The number of aryl methyl sites for hydroxylation is 1. The van der Waals surface area contributed by atoms with Crippen LogP contribution >= 0.6 is 11.6 Å². The second-order valence-electron chi connectivity index (χ2n) is 9.19. The lowest BCUT2D eigenvalue weighted by molar-refractivity contribution is -0.136. The van der Waals surface area contributed by atoms with Gasteiger partial charge in [-0.15, -0.1) is 0 Å². The van der Waals surface area contributed by atoms with E-state index in [4.69, 9.17) is 21.1 Å². The number of carbonyl (C=O) groups excluding carboxylic acids is 2. The molecule has 0 aliphatic carbocycles. The average Bonchev–Trinajstić information content (AvgIpc) is 2.91. The van der Waals surface area contributed by atoms with Gasteiger partial charge in [0.15, 0.2) is 0 Å². The standard InChI is InChI=1S/C28H30ClFN4O4/c1-19-5-7-20(8-6-19)17-37-18-24(28(36)34-14-12-33(2)13-15-34)32-26(35)22-4-3-11-31-27(22)38-25-10-9-21(30)16-23(25)29/h3-11,16,24H,12-15,17-18H2,1-2H3,(H,32,35). The number of rotatable bonds is 9. The summed E-state index contributed by atoms with van der Waals surface area (Å²) in [5, 5.41) is 2.84. The largest absolute Gasteiger partial charge is 0.437 e. The number of aromatic nitrogens is 1. The number of ether oxygens (including phenoxy) is 2. The first-order valence-electron chi connectivity index (χ1n) is 12.3. The van der Waals surface area contributed by atoms with Crippen LogP contribution in [0.25, 0.3) is 0 Å². The Morgan fingerprint density at radius 2 is 1.84 bits per heavy atom. The van der Waals surface area contributed by atoms with E-state index in [1.54, 1.807) is 11.0 Å². The number of carbonyl (C=O) groups is 2. The molecule has 1 aliphatic rings. The van der Waals surface area contributed by atoms with Gasteiger partial charge in [-0.05, 0) is 49.9 Å². The van der Waals surface area contributed by atoms with Crippen molar-refractivity contribution in [2.24, 2.45) is 0 Å². The highest BCUT2D eigenvalue weighted by Crippen LogP contribution is 2.30. The number of halogens is 2. The van der Waals surface area contributed by atoms with Gasteiger partial charge in [-0.2, -0.15) is 0 Å². The maximum atomic E-state index is 13.4. The molecule has 0 saturated carbocycles. The number of benzene rings is 2. The Morgan fingerprint density at radius 3 is 2.55 bits per heavy atom. The first-order valence-corrected chi connectivity index (χ1v) is 12.7. The van der Waals surface area contributed by atoms with E-state index < -0.39 is 17.8 Å². The first kappa shape index (κ1) is 27.5. The van der Waals surface area contributed by atoms with E-state index in [0.717, 1.165) is 30.3 Å². The molecule has 8 nitrogen and oxygen atoms in total. The third-order valence-electron chi connectivity index (χ3n) is 6.21. The molecule has 2 aromatic carbocycles. The highest BCUT2D eigenvalue weighted by atomic mass is 35.5. The lowest BCUT2D eigenvalue weighted by atomic mass is 10.1. The summed E-state index contributed by atoms with van der Waals surface area (Å²) in [5.41, 5.74) is 2.20. The van der Waals surface area contributed by atoms with Crippen LogP contribution in [-0.2, 0) is 16.1 Å². The summed E-state index contributed by atoms with van der Waals surface area (Å²) < 4.78 is 25.0. The molecular weight excluding hydrogens is 511 g/mol. The van der Waals surface area contributed by atoms with Crippen molar-refractivity contribution in [3.63, 3.8) is 0 Å². The number of pyridine rings is 1. The SMILES string of the molecule is Cc1ccc(COCC(NC(=O)c2cccnc2Oc2ccc(F)cc2Cl)C(=O)N2CCN(C)CC2)cc1. The Morgan fingerprint density at radius 1 is 1.11 bits per heavy atom. The monoisotopic (exact) mass is 540 g/mol. The summed E-state index contributed by atoms with van der Waals surface area (Å²) in [7, 11) is 2.00. The number of amides is 2. The van der Waals surface area contributed by atoms with E-state index in [-0.39, 0.29) is 34.7 Å². The van der Waals surface area contributed by atoms with Crippen LogP contribution in [0.1, 0.15) is 21.5 Å². The molecule has 1 aliphatic heterocycles. The second-order valence-corrected chi connectivity index (χ2v) is 9.60. The van der Waals surface area contributed by atoms with Gasteiger partial charge >= 0.3 is 0 Å². The summed E-state index contributed by atoms with van der Waals surface area (Å²) in [6, 6.07) is 13.8. The molecule has 1 fully saturated rings. The second kappa shape index (κ2) is 12.8. The number of piperazine rings is 1. The van der Waals surface area contributed by atoms with Crippen molar-refractivity contribution in [1.82, 2.24) is 20.1 Å². The van der Waals surface area contributed by atoms with Crippen molar-refractivity contribution >= 4 is 23.4 Å². The highest BCUT2D eigenvalue weighted by molar-refractivity contribution is 6.32. The molecule has 4 rings (SSSR count). The third kappa shape index (κ3) is 7.28. The minimum atomic E-state index is -0.918. The summed E-state index contributed by atoms with van der Waals surface area (Å²) in [5.74, 6) is -1.17. The van der Waals surface area contributed by atoms with Crippen LogP contribution in [0.4, 0.5) is 4.39 Å². The van der Waals surface area contributed by atoms with E-state index in [2.05, 4.69) is 15.2 Å². The van der Waals surface area contributed by atoms with Crippen LogP contribution < -0.4 is 10.1 Å². The zero-order chi connectivity index (χ0) is 27.1. The van der Waals surface area contributed by atoms with E-state index in [0.29, 0.717) is 19.7 Å². The Bertz CT molecular complexity index is 1270. The van der Waals surface area contributed by atoms with E-state index >= 15 is 0 Å². The molecule has 10 heteroatoms. The van der Waals surface area contributed by atoms with Crippen LogP contribution in [0.3, 0.4) is 0 Å². The van der Waals surface area contributed by atoms with Gasteiger partial charge in [0, 0.05) is 32.4 Å². The summed E-state index contributed by atoms with van der Waals surface area (Å²) in [6.07, 6.45) is 1.46. The fourth-order valence-corrected chi connectivity index (χ4v) is 4.15. The van der Waals surface area contributed by atoms with Gasteiger partial charge in [0.2, 0.25) is 11.8 Å². The fraction of sp³-hybridized carbons (Fsp3) is 0.321. The topological polar surface area (TPSA) is 84.0 Å². The van der Waals surface area contributed by atoms with Crippen LogP contribution in [-0.4, -0.2) is 72.5 Å². The highest BCUT2D eigenvalue weighted by Gasteiger charge is 2.29. The Balaban J connectivity index is 1.49. The summed E-state index contributed by atoms with van der Waals surface area (Å²) >= 11 is 6.09. The normalized spacial score (nSPS) is 14.7. The third-order valence-corrected chi connectivity index (χ3v) is 6.50. The molecule has 1 aromatic heterocycles.